The zero-order valence-corrected chi connectivity index (χ0v) is 20.8. The molecule has 7 nitrogen and oxygen atoms in total. The van der Waals surface area contributed by atoms with Gasteiger partial charge in [-0.1, -0.05) is 52.3 Å². The second-order valence-corrected chi connectivity index (χ2v) is 8.60. The topological polar surface area (TPSA) is 88.4 Å². The molecule has 0 aliphatic carbocycles. The van der Waals surface area contributed by atoms with E-state index >= 15 is 0 Å². The van der Waals surface area contributed by atoms with Crippen molar-refractivity contribution in [2.45, 2.75) is 20.5 Å². The van der Waals surface area contributed by atoms with E-state index in [0.29, 0.717) is 41.7 Å². The third kappa shape index (κ3) is 5.44. The third-order valence-electron chi connectivity index (χ3n) is 5.30. The Kier molecular flexibility index (Phi) is 7.31. The smallest absolute Gasteiger partial charge is 0.335 e. The molecule has 4 rings (SSSR count). The van der Waals surface area contributed by atoms with Crippen LogP contribution < -0.4 is 14.5 Å². The Labute approximate surface area is 211 Å². The van der Waals surface area contributed by atoms with Crippen LogP contribution in [-0.2, 0) is 11.4 Å². The molecule has 0 saturated carbocycles. The second kappa shape index (κ2) is 10.6. The van der Waals surface area contributed by atoms with Crippen LogP contribution in [-0.4, -0.2) is 29.3 Å². The highest BCUT2D eigenvalue weighted by Gasteiger charge is 2.29. The molecule has 0 atom stereocenters. The van der Waals surface area contributed by atoms with Gasteiger partial charge in [-0.05, 0) is 61.4 Å². The number of benzene rings is 3. The van der Waals surface area contributed by atoms with Gasteiger partial charge in [-0.25, -0.2) is 4.79 Å². The van der Waals surface area contributed by atoms with Crippen LogP contribution in [0.5, 0.6) is 11.5 Å². The number of halogens is 1. The molecular formula is C27H23BrN2O5. The number of hydrogen-bond donors (Lipinski definition) is 1. The molecule has 0 aromatic heterocycles. The highest BCUT2D eigenvalue weighted by atomic mass is 79.9. The maximum absolute atomic E-state index is 13.2. The molecule has 0 bridgehead atoms. The van der Waals surface area contributed by atoms with Crippen molar-refractivity contribution < 1.29 is 24.2 Å². The first-order valence-electron chi connectivity index (χ1n) is 11.0. The Bertz CT molecular complexity index is 1330. The van der Waals surface area contributed by atoms with E-state index in [1.54, 1.807) is 25.1 Å². The van der Waals surface area contributed by atoms with Gasteiger partial charge in [0.1, 0.15) is 6.61 Å². The van der Waals surface area contributed by atoms with Crippen LogP contribution in [0, 0.1) is 0 Å². The molecule has 3 aromatic rings. The Morgan fingerprint density at radius 1 is 1.06 bits per heavy atom. The minimum atomic E-state index is -1.07. The summed E-state index contributed by atoms with van der Waals surface area (Å²) in [7, 11) is 0. The minimum absolute atomic E-state index is 0.0794. The maximum atomic E-state index is 13.2. The first kappa shape index (κ1) is 24.2. The number of amides is 1. The van der Waals surface area contributed by atoms with Gasteiger partial charge in [-0.15, -0.1) is 0 Å². The van der Waals surface area contributed by atoms with E-state index in [4.69, 9.17) is 9.47 Å². The molecule has 1 N–H and O–H groups in total. The van der Waals surface area contributed by atoms with Gasteiger partial charge >= 0.3 is 5.97 Å². The van der Waals surface area contributed by atoms with Crippen molar-refractivity contribution in [1.29, 1.82) is 0 Å². The van der Waals surface area contributed by atoms with Crippen LogP contribution in [0.1, 0.15) is 35.3 Å². The van der Waals surface area contributed by atoms with Gasteiger partial charge in [0.25, 0.3) is 5.91 Å². The van der Waals surface area contributed by atoms with Crippen molar-refractivity contribution in [3.8, 4) is 11.5 Å². The van der Waals surface area contributed by atoms with Crippen LogP contribution in [0.4, 0.5) is 5.69 Å². The number of aromatic carboxylic acids is 1. The minimum Gasteiger partial charge on any atom is -0.490 e. The van der Waals surface area contributed by atoms with E-state index in [1.165, 1.54) is 17.1 Å². The lowest BCUT2D eigenvalue weighted by atomic mass is 10.1. The summed E-state index contributed by atoms with van der Waals surface area (Å²) in [6.07, 6.45) is 1.73. The van der Waals surface area contributed by atoms with Crippen molar-refractivity contribution in [1.82, 2.24) is 0 Å². The highest BCUT2D eigenvalue weighted by Crippen LogP contribution is 2.36. The molecule has 0 unspecified atom stereocenters. The molecule has 1 amide bonds. The Morgan fingerprint density at radius 2 is 1.80 bits per heavy atom. The van der Waals surface area contributed by atoms with Crippen molar-refractivity contribution in [2.75, 3.05) is 11.6 Å². The van der Waals surface area contributed by atoms with Gasteiger partial charge in [-0.3, -0.25) is 4.79 Å². The summed E-state index contributed by atoms with van der Waals surface area (Å²) in [5, 5.41) is 14.8. The van der Waals surface area contributed by atoms with E-state index in [0.717, 1.165) is 15.6 Å². The largest absolute Gasteiger partial charge is 0.490 e. The normalized spacial score (nSPS) is 14.3. The van der Waals surface area contributed by atoms with Crippen LogP contribution in [0.15, 0.2) is 81.9 Å². The number of anilines is 1. The number of ether oxygens (including phenoxy) is 2. The van der Waals surface area contributed by atoms with Crippen LogP contribution in [0.3, 0.4) is 0 Å². The first-order chi connectivity index (χ1) is 16.9. The Morgan fingerprint density at radius 3 is 2.51 bits per heavy atom. The SMILES string of the molecule is CCOc1cc(C=C2C(=O)N(c3cccc(C(=O)O)c3)N=C2C)c(Br)cc1OCc1ccccc1. The summed E-state index contributed by atoms with van der Waals surface area (Å²) < 4.78 is 12.5. The molecule has 3 aromatic carbocycles. The van der Waals surface area contributed by atoms with E-state index in [-0.39, 0.29) is 11.5 Å². The molecule has 0 radical (unpaired) electrons. The molecule has 178 valence electrons. The number of carbonyl (C=O) groups excluding carboxylic acids is 1. The zero-order valence-electron chi connectivity index (χ0n) is 19.2. The predicted octanol–water partition coefficient (Wildman–Crippen LogP) is 5.93. The van der Waals surface area contributed by atoms with Crippen LogP contribution in [0.2, 0.25) is 0 Å². The fraction of sp³-hybridized carbons (Fsp3) is 0.148. The van der Waals surface area contributed by atoms with Crippen molar-refractivity contribution in [2.24, 2.45) is 5.10 Å². The lowest BCUT2D eigenvalue weighted by molar-refractivity contribution is -0.114. The van der Waals surface area contributed by atoms with Gasteiger partial charge in [0.15, 0.2) is 11.5 Å². The van der Waals surface area contributed by atoms with Crippen LogP contribution in [0.25, 0.3) is 6.08 Å². The summed E-state index contributed by atoms with van der Waals surface area (Å²) in [5.41, 5.74) is 3.14. The van der Waals surface area contributed by atoms with Gasteiger partial charge < -0.3 is 14.6 Å². The lowest BCUT2D eigenvalue weighted by Gasteiger charge is -2.15. The lowest BCUT2D eigenvalue weighted by Crippen LogP contribution is -2.21. The standard InChI is InChI=1S/C27H23BrN2O5/c1-3-34-24-14-20(23(28)15-25(24)35-16-18-8-5-4-6-9-18)13-22-17(2)29-30(26(22)31)21-11-7-10-19(12-21)27(32)33/h4-15H,3,16H2,1-2H3,(H,32,33). The number of hydrazone groups is 1. The fourth-order valence-corrected chi connectivity index (χ4v) is 4.00. The quantitative estimate of drug-likeness (QED) is 0.361. The van der Waals surface area contributed by atoms with Gasteiger partial charge in [0.05, 0.1) is 29.1 Å². The van der Waals surface area contributed by atoms with Crippen molar-refractivity contribution in [3.05, 3.63) is 93.5 Å². The third-order valence-corrected chi connectivity index (χ3v) is 5.99. The molecule has 8 heteroatoms. The number of carboxylic acid groups (broad SMARTS) is 1. The molecule has 1 aliphatic heterocycles. The van der Waals surface area contributed by atoms with Gasteiger partial charge in [0, 0.05) is 4.47 Å². The maximum Gasteiger partial charge on any atom is 0.335 e. The summed E-state index contributed by atoms with van der Waals surface area (Å²) in [6, 6.07) is 19.6. The number of nitrogens with zero attached hydrogens (tertiary/aromatic N) is 2. The molecule has 35 heavy (non-hydrogen) atoms. The summed E-state index contributed by atoms with van der Waals surface area (Å²) in [4.78, 5) is 24.5. The van der Waals surface area contributed by atoms with E-state index in [9.17, 15) is 14.7 Å². The molecular weight excluding hydrogens is 512 g/mol. The molecule has 1 heterocycles. The zero-order chi connectivity index (χ0) is 24.9. The monoisotopic (exact) mass is 534 g/mol. The summed E-state index contributed by atoms with van der Waals surface area (Å²) >= 11 is 3.58. The van der Waals surface area contributed by atoms with Crippen molar-refractivity contribution >= 4 is 45.3 Å². The number of hydrogen-bond acceptors (Lipinski definition) is 5. The van der Waals surface area contributed by atoms with Gasteiger partial charge in [-0.2, -0.15) is 10.1 Å². The molecule has 0 saturated heterocycles. The van der Waals surface area contributed by atoms with E-state index < -0.39 is 5.97 Å². The van der Waals surface area contributed by atoms with Crippen molar-refractivity contribution in [3.63, 3.8) is 0 Å². The second-order valence-electron chi connectivity index (χ2n) is 7.74. The number of rotatable bonds is 8. The van der Waals surface area contributed by atoms with E-state index in [1.807, 2.05) is 49.4 Å². The summed E-state index contributed by atoms with van der Waals surface area (Å²) in [6.45, 7) is 4.47. The highest BCUT2D eigenvalue weighted by molar-refractivity contribution is 9.10. The molecule has 0 spiro atoms. The van der Waals surface area contributed by atoms with Crippen LogP contribution >= 0.6 is 15.9 Å². The fourth-order valence-electron chi connectivity index (χ4n) is 3.56. The van der Waals surface area contributed by atoms with Gasteiger partial charge in [0.2, 0.25) is 0 Å². The first-order valence-corrected chi connectivity index (χ1v) is 11.7. The molecule has 0 fully saturated rings. The average Bonchev–Trinajstić information content (AvgIpc) is 3.14. The average molecular weight is 535 g/mol. The summed E-state index contributed by atoms with van der Waals surface area (Å²) in [5.74, 6) is -0.277. The Hall–Kier alpha value is -3.91. The predicted molar refractivity (Wildman–Crippen MR) is 138 cm³/mol. The Balaban J connectivity index is 1.62. The van der Waals surface area contributed by atoms with E-state index in [2.05, 4.69) is 21.0 Å². The molecule has 1 aliphatic rings. The number of carbonyl (C=O) groups is 2. The number of carboxylic acids is 1.